The lowest BCUT2D eigenvalue weighted by Crippen LogP contribution is -2.43. The first kappa shape index (κ1) is 17.4. The van der Waals surface area contributed by atoms with E-state index in [0.29, 0.717) is 24.4 Å². The van der Waals surface area contributed by atoms with E-state index in [9.17, 15) is 9.90 Å². The van der Waals surface area contributed by atoms with Gasteiger partial charge < -0.3 is 19.6 Å². The lowest BCUT2D eigenvalue weighted by atomic mass is 10.1. The van der Waals surface area contributed by atoms with Crippen LogP contribution in [0.5, 0.6) is 5.75 Å². The molecule has 26 heavy (non-hydrogen) atoms. The summed E-state index contributed by atoms with van der Waals surface area (Å²) in [5, 5.41) is 9.37. The highest BCUT2D eigenvalue weighted by Crippen LogP contribution is 2.45. The maximum absolute atomic E-state index is 13.1. The number of ether oxygens (including phenoxy) is 1. The molecule has 0 aliphatic carbocycles. The van der Waals surface area contributed by atoms with E-state index in [1.165, 1.54) is 11.8 Å². The molecule has 0 fully saturated rings. The average Bonchev–Trinajstić information content (AvgIpc) is 2.75. The molecule has 6 heteroatoms. The summed E-state index contributed by atoms with van der Waals surface area (Å²) in [4.78, 5) is 17.5. The van der Waals surface area contributed by atoms with Crippen LogP contribution in [0.15, 0.2) is 53.4 Å². The van der Waals surface area contributed by atoms with Gasteiger partial charge in [0.05, 0.1) is 19.4 Å². The fourth-order valence-electron chi connectivity index (χ4n) is 2.82. The third kappa shape index (κ3) is 3.87. The largest absolute Gasteiger partial charge is 0.497 e. The highest BCUT2D eigenvalue weighted by Gasteiger charge is 2.37. The number of nitrogens with zero attached hydrogens (tertiary/aromatic N) is 2. The van der Waals surface area contributed by atoms with Crippen molar-refractivity contribution in [3.8, 4) is 5.75 Å². The van der Waals surface area contributed by atoms with Gasteiger partial charge in [0.2, 0.25) is 0 Å². The zero-order valence-corrected chi connectivity index (χ0v) is 16.0. The third-order valence-electron chi connectivity index (χ3n) is 4.27. The number of anilines is 1. The van der Waals surface area contributed by atoms with Crippen molar-refractivity contribution in [1.29, 1.82) is 0 Å². The Morgan fingerprint density at radius 2 is 1.92 bits per heavy atom. The predicted octanol–water partition coefficient (Wildman–Crippen LogP) is 2.80. The fourth-order valence-corrected chi connectivity index (χ4v) is 3.95. The molecule has 2 aromatic rings. The molecule has 1 N–H and O–H groups in total. The van der Waals surface area contributed by atoms with E-state index in [-0.39, 0.29) is 0 Å². The van der Waals surface area contributed by atoms with Gasteiger partial charge in [-0.3, -0.25) is 4.79 Å². The summed E-state index contributed by atoms with van der Waals surface area (Å²) in [6, 6.07) is 14.4. The van der Waals surface area contributed by atoms with Crippen LogP contribution in [-0.2, 0) is 4.79 Å². The number of fused-ring (bicyclic) bond motifs is 1. The quantitative estimate of drug-likeness (QED) is 0.873. The highest BCUT2D eigenvalue weighted by molar-refractivity contribution is 7.99. The molecule has 2 aromatic carbocycles. The van der Waals surface area contributed by atoms with Gasteiger partial charge in [-0.15, -0.1) is 11.8 Å². The summed E-state index contributed by atoms with van der Waals surface area (Å²) in [5.41, 5.74) is 1.29. The number of thioether (sulfide) groups is 1. The number of aliphatic hydroxyl groups is 1. The van der Waals surface area contributed by atoms with Crippen LogP contribution in [0.4, 0.5) is 5.69 Å². The molecule has 0 saturated carbocycles. The summed E-state index contributed by atoms with van der Waals surface area (Å²) < 4.78 is 14.2. The topological polar surface area (TPSA) is 53.0 Å². The van der Waals surface area contributed by atoms with Gasteiger partial charge in [-0.25, -0.2) is 0 Å². The van der Waals surface area contributed by atoms with Crippen molar-refractivity contribution in [2.75, 3.05) is 39.2 Å². The van der Waals surface area contributed by atoms with Gasteiger partial charge in [-0.05, 0) is 43.9 Å². The Morgan fingerprint density at radius 1 is 1.23 bits per heavy atom. The van der Waals surface area contributed by atoms with E-state index >= 15 is 0 Å². The van der Waals surface area contributed by atoms with Gasteiger partial charge in [0.25, 0.3) is 5.91 Å². The molecular formula is C20H24N2O3S. The maximum Gasteiger partial charge on any atom is 0.257 e. The molecule has 0 spiro atoms. The maximum atomic E-state index is 13.1. The number of aliphatic hydroxyl groups excluding tert-OH is 1. The van der Waals surface area contributed by atoms with E-state index in [1.807, 2.05) is 43.3 Å². The number of amides is 1. The first-order valence-electron chi connectivity index (χ1n) is 8.93. The zero-order valence-electron chi connectivity index (χ0n) is 16.2. The smallest absolute Gasteiger partial charge is 0.257 e. The molecule has 1 heterocycles. The Kier molecular flexibility index (Phi) is 5.43. The number of carbonyl (C=O) groups is 1. The molecule has 0 bridgehead atoms. The Balaban J connectivity index is 2.05. The van der Waals surface area contributed by atoms with Crippen molar-refractivity contribution in [3.63, 3.8) is 0 Å². The monoisotopic (exact) mass is 373 g/mol. The number of methoxy groups -OCH3 is 1. The molecule has 3 rings (SSSR count). The standard InChI is InChI=1S/C20H24N2O3S/c1-21(2)12-13-22-16-6-4-5-7-17(16)26-19(18(23)20(22)24)14-8-10-15(25-3)11-9-14/h4-11,18-19,23H,12-13H2,1-3H3/i19D. The van der Waals surface area contributed by atoms with Crippen molar-refractivity contribution in [3.05, 3.63) is 54.1 Å². The Morgan fingerprint density at radius 3 is 2.58 bits per heavy atom. The molecule has 5 nitrogen and oxygen atoms in total. The van der Waals surface area contributed by atoms with Crippen molar-refractivity contribution in [2.24, 2.45) is 0 Å². The number of carbonyl (C=O) groups excluding carboxylic acids is 1. The number of rotatable bonds is 5. The van der Waals surface area contributed by atoms with Gasteiger partial charge in [-0.1, -0.05) is 24.3 Å². The second kappa shape index (κ2) is 8.12. The van der Waals surface area contributed by atoms with E-state index in [0.717, 1.165) is 10.6 Å². The summed E-state index contributed by atoms with van der Waals surface area (Å²) in [6.07, 6.45) is -1.49. The minimum absolute atomic E-state index is 0.444. The Hall–Kier alpha value is -2.02. The molecule has 1 aliphatic heterocycles. The van der Waals surface area contributed by atoms with Crippen LogP contribution in [0, 0.1) is 0 Å². The summed E-state index contributed by atoms with van der Waals surface area (Å²) >= 11 is 1.20. The first-order valence-corrected chi connectivity index (χ1v) is 9.25. The summed E-state index contributed by atoms with van der Waals surface area (Å²) in [6.45, 7) is 1.10. The van der Waals surface area contributed by atoms with Gasteiger partial charge in [0, 0.05) is 18.0 Å². The third-order valence-corrected chi connectivity index (χ3v) is 5.51. The first-order chi connectivity index (χ1) is 12.9. The molecule has 2 atom stereocenters. The van der Waals surface area contributed by atoms with Crippen molar-refractivity contribution < 1.29 is 16.0 Å². The van der Waals surface area contributed by atoms with Crippen molar-refractivity contribution >= 4 is 23.4 Å². The average molecular weight is 373 g/mol. The normalized spacial score (nSPS) is 23.4. The summed E-state index contributed by atoms with van der Waals surface area (Å²) in [7, 11) is 5.44. The molecule has 0 aromatic heterocycles. The van der Waals surface area contributed by atoms with Crippen LogP contribution < -0.4 is 9.64 Å². The van der Waals surface area contributed by atoms with Gasteiger partial charge in [0.1, 0.15) is 11.9 Å². The lowest BCUT2D eigenvalue weighted by Gasteiger charge is -2.26. The van der Waals surface area contributed by atoms with Gasteiger partial charge in [0.15, 0.2) is 0 Å². The highest BCUT2D eigenvalue weighted by atomic mass is 32.2. The minimum Gasteiger partial charge on any atom is -0.497 e. The van der Waals surface area contributed by atoms with Crippen LogP contribution in [0.1, 0.15) is 12.2 Å². The van der Waals surface area contributed by atoms with E-state index in [1.54, 1.807) is 36.3 Å². The van der Waals surface area contributed by atoms with Gasteiger partial charge in [-0.2, -0.15) is 0 Å². The van der Waals surface area contributed by atoms with Crippen LogP contribution >= 0.6 is 11.8 Å². The lowest BCUT2D eigenvalue weighted by molar-refractivity contribution is -0.126. The van der Waals surface area contributed by atoms with Crippen LogP contribution in [0.2, 0.25) is 0 Å². The second-order valence-corrected chi connectivity index (χ2v) is 7.44. The molecule has 0 saturated heterocycles. The summed E-state index contributed by atoms with van der Waals surface area (Å²) in [5.74, 6) is 0.204. The number of hydrogen-bond acceptors (Lipinski definition) is 5. The second-order valence-electron chi connectivity index (χ2n) is 6.36. The molecular weight excluding hydrogens is 348 g/mol. The Labute approximate surface area is 160 Å². The SMILES string of the molecule is [2H]C1(c2ccc(OC)cc2)Sc2ccccc2N(CCN(C)C)C(=O)C1O. The van der Waals surface area contributed by atoms with E-state index in [4.69, 9.17) is 6.11 Å². The molecule has 1 amide bonds. The minimum atomic E-state index is -1.55. The molecule has 1 aliphatic rings. The predicted molar refractivity (Wildman–Crippen MR) is 105 cm³/mol. The van der Waals surface area contributed by atoms with Crippen molar-refractivity contribution in [1.82, 2.24) is 4.90 Å². The van der Waals surface area contributed by atoms with Crippen LogP contribution in [0.3, 0.4) is 0 Å². The number of likely N-dealkylation sites (N-methyl/N-ethyl adjacent to an activating group) is 1. The zero-order chi connectivity index (χ0) is 19.6. The Bertz CT molecular complexity index is 815. The van der Waals surface area contributed by atoms with Crippen LogP contribution in [0.25, 0.3) is 0 Å². The molecule has 138 valence electrons. The number of para-hydroxylation sites is 1. The molecule has 0 radical (unpaired) electrons. The van der Waals surface area contributed by atoms with Crippen molar-refractivity contribution in [2.45, 2.75) is 16.2 Å². The molecule has 2 unspecified atom stereocenters. The van der Waals surface area contributed by atoms with Crippen LogP contribution in [-0.4, -0.2) is 56.3 Å². The van der Waals surface area contributed by atoms with Gasteiger partial charge >= 0.3 is 0 Å². The van der Waals surface area contributed by atoms with E-state index < -0.39 is 17.2 Å². The number of benzene rings is 2. The fraction of sp³-hybridized carbons (Fsp3) is 0.350. The number of hydrogen-bond donors (Lipinski definition) is 1. The van der Waals surface area contributed by atoms with E-state index in [2.05, 4.69) is 0 Å².